The van der Waals surface area contributed by atoms with Crippen LogP contribution in [0, 0.1) is 0 Å². The average molecular weight is 384 g/mol. The summed E-state index contributed by atoms with van der Waals surface area (Å²) in [6, 6.07) is 19.8. The smallest absolute Gasteiger partial charge is 0.206 e. The van der Waals surface area contributed by atoms with Crippen LogP contribution in [0.15, 0.2) is 65.0 Å². The lowest BCUT2D eigenvalue weighted by Crippen LogP contribution is -2.04. The lowest BCUT2D eigenvalue weighted by atomic mass is 10.1. The summed E-state index contributed by atoms with van der Waals surface area (Å²) >= 11 is 3.23. The third-order valence-electron chi connectivity index (χ3n) is 3.81. The number of benzene rings is 2. The highest BCUT2D eigenvalue weighted by Gasteiger charge is 2.07. The highest BCUT2D eigenvalue weighted by Crippen LogP contribution is 2.26. The minimum atomic E-state index is 0.201. The molecule has 2 aromatic carbocycles. The first-order chi connectivity index (χ1) is 12.8. The van der Waals surface area contributed by atoms with Gasteiger partial charge in [0.25, 0.3) is 0 Å². The number of nitrogens with one attached hydrogen (secondary N) is 1. The van der Waals surface area contributed by atoms with Crippen molar-refractivity contribution in [1.29, 1.82) is 0 Å². The van der Waals surface area contributed by atoms with Crippen molar-refractivity contribution in [3.8, 4) is 0 Å². The fourth-order valence-electron chi connectivity index (χ4n) is 2.46. The zero-order valence-electron chi connectivity index (χ0n) is 14.4. The SMILES string of the molecule is O=C(CCCSc1nnc(NCCc2ccccc2)s1)c1ccccc1. The molecule has 0 aliphatic heterocycles. The van der Waals surface area contributed by atoms with Crippen molar-refractivity contribution in [2.24, 2.45) is 0 Å². The second-order valence-corrected chi connectivity index (χ2v) is 8.10. The van der Waals surface area contributed by atoms with Crippen molar-refractivity contribution >= 4 is 34.0 Å². The molecule has 0 amide bonds. The van der Waals surface area contributed by atoms with Gasteiger partial charge in [0.2, 0.25) is 5.13 Å². The summed E-state index contributed by atoms with van der Waals surface area (Å²) in [4.78, 5) is 12.1. The summed E-state index contributed by atoms with van der Waals surface area (Å²) in [6.07, 6.45) is 2.37. The van der Waals surface area contributed by atoms with Gasteiger partial charge in [-0.1, -0.05) is 83.8 Å². The van der Waals surface area contributed by atoms with Gasteiger partial charge in [-0.2, -0.15) is 0 Å². The summed E-state index contributed by atoms with van der Waals surface area (Å²) in [5, 5.41) is 12.6. The quantitative estimate of drug-likeness (QED) is 0.305. The fraction of sp³-hybridized carbons (Fsp3) is 0.250. The monoisotopic (exact) mass is 383 g/mol. The van der Waals surface area contributed by atoms with Gasteiger partial charge < -0.3 is 5.32 Å². The van der Waals surface area contributed by atoms with Gasteiger partial charge in [-0.05, 0) is 18.4 Å². The molecular formula is C20H21N3OS2. The van der Waals surface area contributed by atoms with E-state index in [1.165, 1.54) is 5.56 Å². The predicted octanol–water partition coefficient (Wildman–Crippen LogP) is 4.95. The van der Waals surface area contributed by atoms with Crippen molar-refractivity contribution in [2.75, 3.05) is 17.6 Å². The number of carbonyl (C=O) groups excluding carboxylic acids is 1. The van der Waals surface area contributed by atoms with Gasteiger partial charge in [0.1, 0.15) is 0 Å². The second kappa shape index (κ2) is 10.1. The number of hydrogen-bond acceptors (Lipinski definition) is 6. The van der Waals surface area contributed by atoms with Gasteiger partial charge in [-0.3, -0.25) is 4.79 Å². The lowest BCUT2D eigenvalue weighted by Gasteiger charge is -2.01. The predicted molar refractivity (Wildman–Crippen MR) is 109 cm³/mol. The molecule has 1 N–H and O–H groups in total. The molecule has 6 heteroatoms. The maximum atomic E-state index is 12.1. The molecule has 0 spiro atoms. The summed E-state index contributed by atoms with van der Waals surface area (Å²) in [6.45, 7) is 0.842. The maximum absolute atomic E-state index is 12.1. The van der Waals surface area contributed by atoms with Gasteiger partial charge in [0, 0.05) is 24.3 Å². The van der Waals surface area contributed by atoms with E-state index in [0.29, 0.717) is 6.42 Å². The van der Waals surface area contributed by atoms with Crippen LogP contribution in [-0.4, -0.2) is 28.3 Å². The molecule has 0 fully saturated rings. The highest BCUT2D eigenvalue weighted by atomic mass is 32.2. The van der Waals surface area contributed by atoms with Crippen LogP contribution in [0.5, 0.6) is 0 Å². The van der Waals surface area contributed by atoms with E-state index in [9.17, 15) is 4.79 Å². The number of aromatic nitrogens is 2. The van der Waals surface area contributed by atoms with Crippen LogP contribution in [-0.2, 0) is 6.42 Å². The molecule has 3 rings (SSSR count). The molecule has 0 saturated carbocycles. The number of thioether (sulfide) groups is 1. The number of nitrogens with zero attached hydrogens (tertiary/aromatic N) is 2. The van der Waals surface area contributed by atoms with E-state index in [2.05, 4.69) is 39.8 Å². The molecule has 0 aliphatic carbocycles. The largest absolute Gasteiger partial charge is 0.360 e. The Morgan fingerprint density at radius 1 is 1.00 bits per heavy atom. The average Bonchev–Trinajstić information content (AvgIpc) is 3.14. The van der Waals surface area contributed by atoms with E-state index in [1.54, 1.807) is 23.1 Å². The van der Waals surface area contributed by atoms with E-state index < -0.39 is 0 Å². The van der Waals surface area contributed by atoms with Crippen molar-refractivity contribution in [2.45, 2.75) is 23.6 Å². The Kier molecular flexibility index (Phi) is 7.22. The van der Waals surface area contributed by atoms with Crippen molar-refractivity contribution in [1.82, 2.24) is 10.2 Å². The molecule has 4 nitrogen and oxygen atoms in total. The Morgan fingerprint density at radius 3 is 2.50 bits per heavy atom. The van der Waals surface area contributed by atoms with Gasteiger partial charge in [-0.15, -0.1) is 10.2 Å². The number of rotatable bonds is 10. The normalized spacial score (nSPS) is 10.6. The van der Waals surface area contributed by atoms with E-state index in [1.807, 2.05) is 36.4 Å². The molecular weight excluding hydrogens is 362 g/mol. The molecule has 0 aliphatic rings. The van der Waals surface area contributed by atoms with Crippen LogP contribution < -0.4 is 5.32 Å². The lowest BCUT2D eigenvalue weighted by molar-refractivity contribution is 0.0982. The Labute approximate surface area is 162 Å². The van der Waals surface area contributed by atoms with Crippen LogP contribution in [0.2, 0.25) is 0 Å². The first kappa shape index (κ1) is 18.6. The van der Waals surface area contributed by atoms with E-state index in [-0.39, 0.29) is 5.78 Å². The molecule has 0 bridgehead atoms. The number of ketones is 1. The van der Waals surface area contributed by atoms with Crippen molar-refractivity contribution in [3.63, 3.8) is 0 Å². The van der Waals surface area contributed by atoms with E-state index >= 15 is 0 Å². The second-order valence-electron chi connectivity index (χ2n) is 5.78. The molecule has 26 heavy (non-hydrogen) atoms. The van der Waals surface area contributed by atoms with Gasteiger partial charge >= 0.3 is 0 Å². The van der Waals surface area contributed by atoms with Crippen LogP contribution in [0.3, 0.4) is 0 Å². The molecule has 1 heterocycles. The maximum Gasteiger partial charge on any atom is 0.206 e. The molecule has 1 aromatic heterocycles. The summed E-state index contributed by atoms with van der Waals surface area (Å²) in [7, 11) is 0. The molecule has 0 atom stereocenters. The number of anilines is 1. The number of hydrogen-bond donors (Lipinski definition) is 1. The molecule has 0 radical (unpaired) electrons. The first-order valence-corrected chi connectivity index (χ1v) is 10.4. The Morgan fingerprint density at radius 2 is 1.73 bits per heavy atom. The zero-order chi connectivity index (χ0) is 18.0. The van der Waals surface area contributed by atoms with Crippen molar-refractivity contribution in [3.05, 3.63) is 71.8 Å². The highest BCUT2D eigenvalue weighted by molar-refractivity contribution is 8.01. The minimum Gasteiger partial charge on any atom is -0.360 e. The fourth-order valence-corrected chi connectivity index (χ4v) is 4.25. The zero-order valence-corrected chi connectivity index (χ0v) is 16.1. The third kappa shape index (κ3) is 5.97. The minimum absolute atomic E-state index is 0.201. The van der Waals surface area contributed by atoms with E-state index in [0.717, 1.165) is 40.2 Å². The molecule has 0 saturated heterocycles. The van der Waals surface area contributed by atoms with Gasteiger partial charge in [-0.25, -0.2) is 0 Å². The van der Waals surface area contributed by atoms with Crippen molar-refractivity contribution < 1.29 is 4.79 Å². The molecule has 0 unspecified atom stereocenters. The molecule has 134 valence electrons. The molecule has 3 aromatic rings. The Balaban J connectivity index is 1.34. The Bertz CT molecular complexity index is 806. The van der Waals surface area contributed by atoms with Crippen LogP contribution in [0.25, 0.3) is 0 Å². The topological polar surface area (TPSA) is 54.9 Å². The van der Waals surface area contributed by atoms with E-state index in [4.69, 9.17) is 0 Å². The van der Waals surface area contributed by atoms with Gasteiger partial charge in [0.15, 0.2) is 10.1 Å². The standard InChI is InChI=1S/C20H21N3OS2/c24-18(17-10-5-2-6-11-17)12-7-15-25-20-23-22-19(26-20)21-14-13-16-8-3-1-4-9-16/h1-6,8-11H,7,12-15H2,(H,21,22). The van der Waals surface area contributed by atoms with Crippen LogP contribution in [0.4, 0.5) is 5.13 Å². The third-order valence-corrected chi connectivity index (χ3v) is 5.91. The Hall–Kier alpha value is -2.18. The number of carbonyl (C=O) groups is 1. The van der Waals surface area contributed by atoms with Crippen LogP contribution in [0.1, 0.15) is 28.8 Å². The van der Waals surface area contributed by atoms with Gasteiger partial charge in [0.05, 0.1) is 0 Å². The summed E-state index contributed by atoms with van der Waals surface area (Å²) in [5.74, 6) is 1.07. The number of Topliss-reactive ketones (excluding diaryl/α,β-unsaturated/α-hetero) is 1. The summed E-state index contributed by atoms with van der Waals surface area (Å²) in [5.41, 5.74) is 2.10. The first-order valence-electron chi connectivity index (χ1n) is 8.63. The van der Waals surface area contributed by atoms with Crippen LogP contribution >= 0.6 is 23.1 Å². The summed E-state index contributed by atoms with van der Waals surface area (Å²) < 4.78 is 0.944.